The molecular formula is C9H15F2N3. The highest BCUT2D eigenvalue weighted by molar-refractivity contribution is 4.77. The van der Waals surface area contributed by atoms with Crippen molar-refractivity contribution in [3.63, 3.8) is 0 Å². The predicted octanol–water partition coefficient (Wildman–Crippen LogP) is 1.51. The summed E-state index contributed by atoms with van der Waals surface area (Å²) in [5.41, 5.74) is 0. The summed E-state index contributed by atoms with van der Waals surface area (Å²) in [7, 11) is 0. The van der Waals surface area contributed by atoms with E-state index >= 15 is 0 Å². The van der Waals surface area contributed by atoms with E-state index < -0.39 is 12.5 Å². The molecule has 2 atom stereocenters. The molecule has 0 amide bonds. The molecule has 0 radical (unpaired) electrons. The fourth-order valence-electron chi connectivity index (χ4n) is 1.29. The van der Waals surface area contributed by atoms with Crippen molar-refractivity contribution in [2.45, 2.75) is 38.9 Å². The lowest BCUT2D eigenvalue weighted by Gasteiger charge is -2.19. The molecule has 5 heteroatoms. The molecule has 1 aromatic rings. The van der Waals surface area contributed by atoms with Gasteiger partial charge in [0.25, 0.3) is 6.43 Å². The van der Waals surface area contributed by atoms with Gasteiger partial charge < -0.3 is 9.88 Å². The Balaban J connectivity index is 2.32. The molecule has 1 N–H and O–H groups in total. The van der Waals surface area contributed by atoms with Crippen LogP contribution < -0.4 is 5.32 Å². The lowest BCUT2D eigenvalue weighted by atomic mass is 10.2. The third-order valence-electron chi connectivity index (χ3n) is 1.97. The molecule has 1 heterocycles. The highest BCUT2D eigenvalue weighted by Crippen LogP contribution is 2.01. The van der Waals surface area contributed by atoms with Crippen LogP contribution in [0.1, 0.15) is 13.8 Å². The Bertz CT molecular complexity index is 249. The molecule has 1 aromatic heterocycles. The molecule has 0 aliphatic heterocycles. The second-order valence-corrected chi connectivity index (χ2v) is 3.45. The monoisotopic (exact) mass is 203 g/mol. The number of nitrogens with zero attached hydrogens (tertiary/aromatic N) is 2. The molecule has 14 heavy (non-hydrogen) atoms. The molecule has 0 aliphatic carbocycles. The normalized spacial score (nSPS) is 15.8. The number of halogens is 2. The number of rotatable bonds is 5. The van der Waals surface area contributed by atoms with E-state index in [1.165, 1.54) is 6.92 Å². The van der Waals surface area contributed by atoms with Crippen LogP contribution in [0.15, 0.2) is 18.7 Å². The summed E-state index contributed by atoms with van der Waals surface area (Å²) in [6.45, 7) is 4.00. The van der Waals surface area contributed by atoms with Crippen LogP contribution in [0.4, 0.5) is 8.78 Å². The van der Waals surface area contributed by atoms with Crippen LogP contribution in [-0.4, -0.2) is 28.1 Å². The number of alkyl halides is 2. The summed E-state index contributed by atoms with van der Waals surface area (Å²) < 4.78 is 26.2. The van der Waals surface area contributed by atoms with Crippen molar-refractivity contribution in [3.8, 4) is 0 Å². The highest BCUT2D eigenvalue weighted by atomic mass is 19.3. The van der Waals surface area contributed by atoms with Gasteiger partial charge in [-0.25, -0.2) is 13.8 Å². The van der Waals surface area contributed by atoms with Crippen molar-refractivity contribution in [1.82, 2.24) is 14.9 Å². The summed E-state index contributed by atoms with van der Waals surface area (Å²) in [6, 6.07) is -0.762. The third kappa shape index (κ3) is 3.41. The van der Waals surface area contributed by atoms with Crippen molar-refractivity contribution in [2.24, 2.45) is 0 Å². The summed E-state index contributed by atoms with van der Waals surface area (Å²) in [6.07, 6.45) is 2.83. The van der Waals surface area contributed by atoms with Crippen molar-refractivity contribution >= 4 is 0 Å². The van der Waals surface area contributed by atoms with Crippen LogP contribution >= 0.6 is 0 Å². The van der Waals surface area contributed by atoms with Crippen LogP contribution in [0.2, 0.25) is 0 Å². The molecule has 0 saturated heterocycles. The Kier molecular flexibility index (Phi) is 4.00. The second kappa shape index (κ2) is 5.05. The maximum atomic E-state index is 12.2. The first kappa shape index (κ1) is 11.1. The molecule has 1 rings (SSSR count). The van der Waals surface area contributed by atoms with Gasteiger partial charge in [0, 0.05) is 25.0 Å². The molecule has 80 valence electrons. The highest BCUT2D eigenvalue weighted by Gasteiger charge is 2.16. The van der Waals surface area contributed by atoms with Gasteiger partial charge in [-0.15, -0.1) is 0 Å². The zero-order valence-electron chi connectivity index (χ0n) is 8.32. The molecular weight excluding hydrogens is 188 g/mol. The first-order valence-corrected chi connectivity index (χ1v) is 4.59. The molecule has 2 unspecified atom stereocenters. The minimum Gasteiger partial charge on any atom is -0.336 e. The molecule has 0 aromatic carbocycles. The van der Waals surface area contributed by atoms with E-state index in [0.717, 1.165) is 0 Å². The number of nitrogens with one attached hydrogen (secondary N) is 1. The minimum atomic E-state index is -2.32. The second-order valence-electron chi connectivity index (χ2n) is 3.45. The molecule has 0 bridgehead atoms. The van der Waals surface area contributed by atoms with Gasteiger partial charge in [-0.3, -0.25) is 0 Å². The molecule has 0 fully saturated rings. The Hall–Kier alpha value is -0.970. The van der Waals surface area contributed by atoms with E-state index in [9.17, 15) is 8.78 Å². The first-order chi connectivity index (χ1) is 6.59. The Labute approximate surface area is 82.1 Å². The van der Waals surface area contributed by atoms with Gasteiger partial charge in [0.05, 0.1) is 12.4 Å². The van der Waals surface area contributed by atoms with E-state index in [0.29, 0.717) is 6.54 Å². The Morgan fingerprint density at radius 3 is 2.64 bits per heavy atom. The van der Waals surface area contributed by atoms with Gasteiger partial charge in [-0.05, 0) is 13.8 Å². The predicted molar refractivity (Wildman–Crippen MR) is 50.3 cm³/mol. The standard InChI is InChI=1S/C9H15F2N3/c1-7(13-8(2)9(10)11)5-14-4-3-12-6-14/h3-4,6-9,13H,5H2,1-2H3. The zero-order chi connectivity index (χ0) is 10.6. The van der Waals surface area contributed by atoms with Gasteiger partial charge in [-0.2, -0.15) is 0 Å². The van der Waals surface area contributed by atoms with Gasteiger partial charge in [-0.1, -0.05) is 0 Å². The average Bonchev–Trinajstić information content (AvgIpc) is 2.56. The topological polar surface area (TPSA) is 29.9 Å². The van der Waals surface area contributed by atoms with Crippen LogP contribution in [0.25, 0.3) is 0 Å². The number of hydrogen-bond acceptors (Lipinski definition) is 2. The van der Waals surface area contributed by atoms with E-state index in [4.69, 9.17) is 0 Å². The van der Waals surface area contributed by atoms with E-state index in [2.05, 4.69) is 10.3 Å². The van der Waals surface area contributed by atoms with Crippen molar-refractivity contribution in [2.75, 3.05) is 0 Å². The summed E-state index contributed by atoms with van der Waals surface area (Å²) in [5.74, 6) is 0. The maximum absolute atomic E-state index is 12.2. The number of hydrogen-bond donors (Lipinski definition) is 1. The van der Waals surface area contributed by atoms with Crippen LogP contribution in [-0.2, 0) is 6.54 Å². The van der Waals surface area contributed by atoms with Crippen LogP contribution in [0, 0.1) is 0 Å². The van der Waals surface area contributed by atoms with Crippen molar-refractivity contribution in [1.29, 1.82) is 0 Å². The van der Waals surface area contributed by atoms with Crippen molar-refractivity contribution in [3.05, 3.63) is 18.7 Å². The fraction of sp³-hybridized carbons (Fsp3) is 0.667. The lowest BCUT2D eigenvalue weighted by molar-refractivity contribution is 0.0997. The summed E-state index contributed by atoms with van der Waals surface area (Å²) in [4.78, 5) is 3.88. The van der Waals surface area contributed by atoms with Gasteiger partial charge in [0.1, 0.15) is 0 Å². The number of aromatic nitrogens is 2. The minimum absolute atomic E-state index is 0.00759. The third-order valence-corrected chi connectivity index (χ3v) is 1.97. The van der Waals surface area contributed by atoms with E-state index in [1.54, 1.807) is 12.5 Å². The average molecular weight is 203 g/mol. The van der Waals surface area contributed by atoms with Crippen molar-refractivity contribution < 1.29 is 8.78 Å². The summed E-state index contributed by atoms with van der Waals surface area (Å²) >= 11 is 0. The fourth-order valence-corrected chi connectivity index (χ4v) is 1.29. The first-order valence-electron chi connectivity index (χ1n) is 4.59. The van der Waals surface area contributed by atoms with Crippen LogP contribution in [0.5, 0.6) is 0 Å². The Morgan fingerprint density at radius 1 is 1.43 bits per heavy atom. The van der Waals surface area contributed by atoms with E-state index in [1.807, 2.05) is 17.7 Å². The summed E-state index contributed by atoms with van der Waals surface area (Å²) in [5, 5.41) is 2.82. The lowest BCUT2D eigenvalue weighted by Crippen LogP contribution is -2.41. The molecule has 0 aliphatic rings. The van der Waals surface area contributed by atoms with Gasteiger partial charge in [0.2, 0.25) is 0 Å². The SMILES string of the molecule is CC(Cn1ccnc1)NC(C)C(F)F. The molecule has 3 nitrogen and oxygen atoms in total. The van der Waals surface area contributed by atoms with Gasteiger partial charge in [0.15, 0.2) is 0 Å². The zero-order valence-corrected chi connectivity index (χ0v) is 8.32. The molecule has 0 saturated carbocycles. The van der Waals surface area contributed by atoms with Crippen LogP contribution in [0.3, 0.4) is 0 Å². The molecule has 0 spiro atoms. The van der Waals surface area contributed by atoms with Gasteiger partial charge >= 0.3 is 0 Å². The quantitative estimate of drug-likeness (QED) is 0.786. The smallest absolute Gasteiger partial charge is 0.253 e. The number of imidazole rings is 1. The maximum Gasteiger partial charge on any atom is 0.253 e. The largest absolute Gasteiger partial charge is 0.336 e. The Morgan fingerprint density at radius 2 is 2.14 bits per heavy atom. The van der Waals surface area contributed by atoms with E-state index in [-0.39, 0.29) is 6.04 Å².